The number of para-hydroxylation sites is 1. The van der Waals surface area contributed by atoms with Gasteiger partial charge >= 0.3 is 0 Å². The highest BCUT2D eigenvalue weighted by Gasteiger charge is 2.34. The molecule has 0 amide bonds. The number of methoxy groups -OCH3 is 1. The molecular weight excluding hydrogens is 298 g/mol. The average Bonchev–Trinajstić information content (AvgIpc) is 2.87. The predicted octanol–water partition coefficient (Wildman–Crippen LogP) is 3.43. The van der Waals surface area contributed by atoms with E-state index in [1.807, 2.05) is 24.4 Å². The number of fused-ring (bicyclic) bond motifs is 2. The van der Waals surface area contributed by atoms with Gasteiger partial charge in [-0.15, -0.1) is 0 Å². The van der Waals surface area contributed by atoms with E-state index >= 15 is 0 Å². The number of aromatic nitrogens is 1. The van der Waals surface area contributed by atoms with Crippen molar-refractivity contribution in [2.24, 2.45) is 0 Å². The van der Waals surface area contributed by atoms with Crippen LogP contribution in [0, 0.1) is 0 Å². The first-order valence-corrected chi connectivity index (χ1v) is 8.82. The predicted molar refractivity (Wildman–Crippen MR) is 97.6 cm³/mol. The number of likely N-dealkylation sites (N-methyl/N-ethyl adjacent to an activating group) is 1. The normalized spacial score (nSPS) is 24.0. The van der Waals surface area contributed by atoms with Crippen LogP contribution in [0.4, 0.5) is 5.69 Å². The van der Waals surface area contributed by atoms with E-state index in [4.69, 9.17) is 9.72 Å². The lowest BCUT2D eigenvalue weighted by atomic mass is 10.1. The topological polar surface area (TPSA) is 28.6 Å². The summed E-state index contributed by atoms with van der Waals surface area (Å²) in [4.78, 5) is 9.79. The number of ether oxygens (including phenoxy) is 1. The summed E-state index contributed by atoms with van der Waals surface area (Å²) >= 11 is 0. The standard InChI is InChI=1S/C20H25N3O/c1-22-15-7-8-17(22)14-23(12-11-15)16-9-10-19(21-13-16)18-5-3-4-6-20(18)24-2/h3-6,9-10,13,15,17H,7-8,11-12,14H2,1-2H3. The summed E-state index contributed by atoms with van der Waals surface area (Å²) in [5.41, 5.74) is 3.24. The van der Waals surface area contributed by atoms with Crippen molar-refractivity contribution in [2.45, 2.75) is 31.3 Å². The van der Waals surface area contributed by atoms with E-state index < -0.39 is 0 Å². The highest BCUT2D eigenvalue weighted by Crippen LogP contribution is 2.32. The fourth-order valence-corrected chi connectivity index (χ4v) is 4.13. The molecule has 2 unspecified atom stereocenters. The van der Waals surface area contributed by atoms with Crippen LogP contribution in [0.25, 0.3) is 11.3 Å². The highest BCUT2D eigenvalue weighted by molar-refractivity contribution is 5.68. The number of hydrogen-bond donors (Lipinski definition) is 0. The Kier molecular flexibility index (Phi) is 4.15. The number of hydrogen-bond acceptors (Lipinski definition) is 4. The van der Waals surface area contributed by atoms with E-state index in [0.29, 0.717) is 6.04 Å². The molecule has 1 aromatic carbocycles. The lowest BCUT2D eigenvalue weighted by Gasteiger charge is -2.27. The number of pyridine rings is 1. The van der Waals surface area contributed by atoms with Crippen molar-refractivity contribution in [1.82, 2.24) is 9.88 Å². The molecule has 1 aromatic heterocycles. The van der Waals surface area contributed by atoms with Gasteiger partial charge in [0.1, 0.15) is 5.75 Å². The van der Waals surface area contributed by atoms with Crippen molar-refractivity contribution >= 4 is 5.69 Å². The first kappa shape index (κ1) is 15.5. The van der Waals surface area contributed by atoms with Crippen LogP contribution in [-0.4, -0.2) is 49.2 Å². The Morgan fingerprint density at radius 3 is 2.67 bits per heavy atom. The van der Waals surface area contributed by atoms with Crippen molar-refractivity contribution in [3.63, 3.8) is 0 Å². The molecule has 2 aromatic rings. The van der Waals surface area contributed by atoms with E-state index in [1.165, 1.54) is 24.9 Å². The summed E-state index contributed by atoms with van der Waals surface area (Å²) in [5.74, 6) is 0.867. The summed E-state index contributed by atoms with van der Waals surface area (Å²) in [6.07, 6.45) is 5.95. The molecule has 3 heterocycles. The van der Waals surface area contributed by atoms with Gasteiger partial charge < -0.3 is 9.64 Å². The SMILES string of the molecule is COc1ccccc1-c1ccc(N2CCC3CCC(C2)N3C)cn1. The smallest absolute Gasteiger partial charge is 0.128 e. The Balaban J connectivity index is 1.56. The average molecular weight is 323 g/mol. The Labute approximate surface area is 144 Å². The Morgan fingerprint density at radius 2 is 1.88 bits per heavy atom. The van der Waals surface area contributed by atoms with Crippen LogP contribution in [0.1, 0.15) is 19.3 Å². The van der Waals surface area contributed by atoms with Crippen LogP contribution < -0.4 is 9.64 Å². The molecular formula is C20H25N3O. The van der Waals surface area contributed by atoms with E-state index in [-0.39, 0.29) is 0 Å². The van der Waals surface area contributed by atoms with E-state index in [0.717, 1.165) is 36.1 Å². The van der Waals surface area contributed by atoms with Crippen molar-refractivity contribution in [2.75, 3.05) is 32.1 Å². The van der Waals surface area contributed by atoms with Gasteiger partial charge in [-0.05, 0) is 50.6 Å². The van der Waals surface area contributed by atoms with Gasteiger partial charge in [0.2, 0.25) is 0 Å². The number of benzene rings is 1. The molecule has 2 aliphatic heterocycles. The third kappa shape index (κ3) is 2.75. The van der Waals surface area contributed by atoms with Crippen LogP contribution in [0.2, 0.25) is 0 Å². The molecule has 4 rings (SSSR count). The van der Waals surface area contributed by atoms with Crippen LogP contribution in [0.5, 0.6) is 5.75 Å². The first-order valence-electron chi connectivity index (χ1n) is 8.82. The van der Waals surface area contributed by atoms with Crippen LogP contribution in [0.15, 0.2) is 42.6 Å². The highest BCUT2D eigenvalue weighted by atomic mass is 16.5. The largest absolute Gasteiger partial charge is 0.496 e. The van der Waals surface area contributed by atoms with Gasteiger partial charge in [-0.2, -0.15) is 0 Å². The zero-order chi connectivity index (χ0) is 16.5. The minimum atomic E-state index is 0.686. The van der Waals surface area contributed by atoms with Crippen molar-refractivity contribution in [1.29, 1.82) is 0 Å². The molecule has 2 bridgehead atoms. The summed E-state index contributed by atoms with van der Waals surface area (Å²) < 4.78 is 5.45. The van der Waals surface area contributed by atoms with Crippen LogP contribution in [-0.2, 0) is 0 Å². The minimum Gasteiger partial charge on any atom is -0.496 e. The molecule has 0 spiro atoms. The second-order valence-corrected chi connectivity index (χ2v) is 6.89. The molecule has 2 fully saturated rings. The van der Waals surface area contributed by atoms with Gasteiger partial charge in [0.25, 0.3) is 0 Å². The molecule has 2 atom stereocenters. The maximum atomic E-state index is 5.45. The maximum Gasteiger partial charge on any atom is 0.128 e. The number of rotatable bonds is 3. The number of nitrogens with zero attached hydrogens (tertiary/aromatic N) is 3. The Morgan fingerprint density at radius 1 is 1.04 bits per heavy atom. The van der Waals surface area contributed by atoms with E-state index in [2.05, 4.69) is 35.0 Å². The fraction of sp³-hybridized carbons (Fsp3) is 0.450. The van der Waals surface area contributed by atoms with Gasteiger partial charge in [-0.3, -0.25) is 9.88 Å². The fourth-order valence-electron chi connectivity index (χ4n) is 4.13. The summed E-state index contributed by atoms with van der Waals surface area (Å²) in [6, 6.07) is 13.8. The van der Waals surface area contributed by atoms with Gasteiger partial charge in [-0.1, -0.05) is 12.1 Å². The summed E-state index contributed by atoms with van der Waals surface area (Å²) in [6.45, 7) is 2.24. The molecule has 126 valence electrons. The zero-order valence-corrected chi connectivity index (χ0v) is 14.5. The van der Waals surface area contributed by atoms with Gasteiger partial charge in [0, 0.05) is 30.7 Å². The zero-order valence-electron chi connectivity index (χ0n) is 14.5. The minimum absolute atomic E-state index is 0.686. The maximum absolute atomic E-state index is 5.45. The molecule has 0 radical (unpaired) electrons. The third-order valence-electron chi connectivity index (χ3n) is 5.64. The van der Waals surface area contributed by atoms with Crippen molar-refractivity contribution < 1.29 is 4.74 Å². The lowest BCUT2D eigenvalue weighted by molar-refractivity contribution is 0.254. The van der Waals surface area contributed by atoms with Crippen molar-refractivity contribution in [3.05, 3.63) is 42.6 Å². The second kappa shape index (κ2) is 6.44. The van der Waals surface area contributed by atoms with Gasteiger partial charge in [-0.25, -0.2) is 0 Å². The number of anilines is 1. The first-order chi connectivity index (χ1) is 11.8. The molecule has 24 heavy (non-hydrogen) atoms. The Hall–Kier alpha value is -2.07. The molecule has 4 nitrogen and oxygen atoms in total. The van der Waals surface area contributed by atoms with Crippen LogP contribution >= 0.6 is 0 Å². The van der Waals surface area contributed by atoms with E-state index in [1.54, 1.807) is 7.11 Å². The molecule has 0 N–H and O–H groups in total. The Bertz CT molecular complexity index is 700. The molecule has 2 saturated heterocycles. The summed E-state index contributed by atoms with van der Waals surface area (Å²) in [7, 11) is 3.99. The van der Waals surface area contributed by atoms with Crippen LogP contribution in [0.3, 0.4) is 0 Å². The lowest BCUT2D eigenvalue weighted by Crippen LogP contribution is -2.36. The second-order valence-electron chi connectivity index (χ2n) is 6.89. The van der Waals surface area contributed by atoms with Gasteiger partial charge in [0.05, 0.1) is 24.7 Å². The molecule has 0 saturated carbocycles. The molecule has 2 aliphatic rings. The molecule has 4 heteroatoms. The third-order valence-corrected chi connectivity index (χ3v) is 5.64. The quantitative estimate of drug-likeness (QED) is 0.865. The van der Waals surface area contributed by atoms with Gasteiger partial charge in [0.15, 0.2) is 0 Å². The van der Waals surface area contributed by atoms with Crippen molar-refractivity contribution in [3.8, 4) is 17.0 Å². The summed E-state index contributed by atoms with van der Waals surface area (Å²) in [5, 5.41) is 0. The molecule has 0 aliphatic carbocycles. The monoisotopic (exact) mass is 323 g/mol. The van der Waals surface area contributed by atoms with E-state index in [9.17, 15) is 0 Å².